The van der Waals surface area contributed by atoms with Gasteiger partial charge in [-0.3, -0.25) is 0 Å². The molecule has 0 bridgehead atoms. The van der Waals surface area contributed by atoms with E-state index in [9.17, 15) is 0 Å². The molecular weight excluding hydrogens is 164 g/mol. The van der Waals surface area contributed by atoms with Crippen LogP contribution in [0.3, 0.4) is 0 Å². The van der Waals surface area contributed by atoms with E-state index in [0.29, 0.717) is 5.41 Å². The zero-order valence-electron chi connectivity index (χ0n) is 5.58. The van der Waals surface area contributed by atoms with Crippen molar-refractivity contribution in [3.63, 3.8) is 0 Å². The lowest BCUT2D eigenvalue weighted by atomic mass is 9.92. The van der Waals surface area contributed by atoms with Crippen molar-refractivity contribution in [2.24, 2.45) is 5.41 Å². The van der Waals surface area contributed by atoms with Crippen molar-refractivity contribution in [2.75, 3.05) is 0 Å². The maximum Gasteiger partial charge on any atom is 0.0196 e. The Bertz CT molecular complexity index is 86.4. The fourth-order valence-electron chi connectivity index (χ4n) is 1.28. The van der Waals surface area contributed by atoms with Crippen LogP contribution in [-0.4, -0.2) is 4.83 Å². The molecule has 1 fully saturated rings. The minimum atomic E-state index is 0.569. The van der Waals surface area contributed by atoms with Crippen molar-refractivity contribution < 1.29 is 0 Å². The van der Waals surface area contributed by atoms with E-state index in [0.717, 1.165) is 4.83 Å². The van der Waals surface area contributed by atoms with Gasteiger partial charge in [-0.15, -0.1) is 0 Å². The van der Waals surface area contributed by atoms with E-state index in [-0.39, 0.29) is 0 Å². The second kappa shape index (κ2) is 2.02. The Morgan fingerprint density at radius 3 is 2.25 bits per heavy atom. The highest BCUT2D eigenvalue weighted by molar-refractivity contribution is 9.09. The third kappa shape index (κ3) is 1.07. The van der Waals surface area contributed by atoms with Crippen molar-refractivity contribution in [1.29, 1.82) is 0 Å². The van der Waals surface area contributed by atoms with Crippen LogP contribution in [0.2, 0.25) is 0 Å². The molecule has 1 saturated carbocycles. The lowest BCUT2D eigenvalue weighted by Crippen LogP contribution is -2.15. The summed E-state index contributed by atoms with van der Waals surface area (Å²) < 4.78 is 0. The van der Waals surface area contributed by atoms with Crippen molar-refractivity contribution in [2.45, 2.75) is 37.9 Å². The maximum absolute atomic E-state index is 3.66. The summed E-state index contributed by atoms with van der Waals surface area (Å²) >= 11 is 3.66. The van der Waals surface area contributed by atoms with E-state index >= 15 is 0 Å². The average Bonchev–Trinajstić information content (AvgIpc) is 1.86. The summed E-state index contributed by atoms with van der Waals surface area (Å²) in [5, 5.41) is 0. The predicted molar refractivity (Wildman–Crippen MR) is 40.3 cm³/mol. The van der Waals surface area contributed by atoms with Crippen LogP contribution in [0.1, 0.15) is 33.1 Å². The summed E-state index contributed by atoms with van der Waals surface area (Å²) in [5.41, 5.74) is 0.569. The molecule has 1 atom stereocenters. The van der Waals surface area contributed by atoms with Gasteiger partial charge in [0.2, 0.25) is 0 Å². The molecule has 48 valence electrons. The summed E-state index contributed by atoms with van der Waals surface area (Å²) in [6, 6.07) is 0. The Hall–Kier alpha value is 0.480. The topological polar surface area (TPSA) is 0 Å². The highest BCUT2D eigenvalue weighted by Crippen LogP contribution is 2.41. The quantitative estimate of drug-likeness (QED) is 0.499. The Morgan fingerprint density at radius 1 is 1.50 bits per heavy atom. The molecule has 1 aliphatic rings. The van der Waals surface area contributed by atoms with Crippen LogP contribution < -0.4 is 0 Å². The van der Waals surface area contributed by atoms with Crippen molar-refractivity contribution in [3.8, 4) is 0 Å². The first-order valence-corrected chi connectivity index (χ1v) is 4.18. The molecule has 0 N–H and O–H groups in total. The zero-order valence-corrected chi connectivity index (χ0v) is 7.16. The van der Waals surface area contributed by atoms with Crippen molar-refractivity contribution in [1.82, 2.24) is 0 Å². The molecule has 1 heteroatoms. The molecule has 0 saturated heterocycles. The highest BCUT2D eigenvalue weighted by atomic mass is 79.9. The monoisotopic (exact) mass is 176 g/mol. The third-order valence-electron chi connectivity index (χ3n) is 2.13. The molecule has 0 aromatic carbocycles. The molecule has 1 rings (SSSR count). The fourth-order valence-corrected chi connectivity index (χ4v) is 1.84. The van der Waals surface area contributed by atoms with Gasteiger partial charge in [-0.05, 0) is 18.3 Å². The number of halogens is 1. The van der Waals surface area contributed by atoms with Gasteiger partial charge in [0.05, 0.1) is 0 Å². The summed E-state index contributed by atoms with van der Waals surface area (Å²) in [5.74, 6) is 0. The number of hydrogen-bond donors (Lipinski definition) is 0. The van der Waals surface area contributed by atoms with E-state index in [2.05, 4.69) is 29.8 Å². The molecule has 0 spiro atoms. The number of hydrogen-bond acceptors (Lipinski definition) is 0. The number of alkyl halides is 1. The van der Waals surface area contributed by atoms with Gasteiger partial charge in [0.15, 0.2) is 0 Å². The molecule has 0 aromatic rings. The molecule has 0 aliphatic heterocycles. The second-order valence-corrected chi connectivity index (χ2v) is 4.45. The Morgan fingerprint density at radius 2 is 2.12 bits per heavy atom. The first-order valence-electron chi connectivity index (χ1n) is 3.27. The first kappa shape index (κ1) is 6.60. The van der Waals surface area contributed by atoms with Gasteiger partial charge in [-0.1, -0.05) is 36.2 Å². The third-order valence-corrected chi connectivity index (χ3v) is 3.82. The molecule has 0 unspecified atom stereocenters. The molecule has 0 amide bonds. The van der Waals surface area contributed by atoms with E-state index in [4.69, 9.17) is 0 Å². The molecule has 0 aromatic heterocycles. The summed E-state index contributed by atoms with van der Waals surface area (Å²) in [6.45, 7) is 4.67. The molecule has 0 heterocycles. The summed E-state index contributed by atoms with van der Waals surface area (Å²) in [4.78, 5) is 0.773. The summed E-state index contributed by atoms with van der Waals surface area (Å²) in [7, 11) is 0. The van der Waals surface area contributed by atoms with Gasteiger partial charge in [0.25, 0.3) is 0 Å². The second-order valence-electron chi connectivity index (χ2n) is 3.35. The van der Waals surface area contributed by atoms with Crippen LogP contribution in [0.4, 0.5) is 0 Å². The van der Waals surface area contributed by atoms with Crippen LogP contribution in [0.15, 0.2) is 0 Å². The largest absolute Gasteiger partial charge is 0.0885 e. The summed E-state index contributed by atoms with van der Waals surface area (Å²) in [6.07, 6.45) is 4.17. The van der Waals surface area contributed by atoms with Gasteiger partial charge in [0.1, 0.15) is 0 Å². The highest BCUT2D eigenvalue weighted by Gasteiger charge is 2.31. The lowest BCUT2D eigenvalue weighted by Gasteiger charge is -2.20. The smallest absolute Gasteiger partial charge is 0.0196 e. The minimum absolute atomic E-state index is 0.569. The average molecular weight is 177 g/mol. The van der Waals surface area contributed by atoms with Gasteiger partial charge in [-0.25, -0.2) is 0 Å². The van der Waals surface area contributed by atoms with Gasteiger partial charge >= 0.3 is 0 Å². The van der Waals surface area contributed by atoms with Crippen LogP contribution in [-0.2, 0) is 0 Å². The maximum atomic E-state index is 3.66. The molecule has 0 radical (unpaired) electrons. The molecule has 0 nitrogen and oxygen atoms in total. The normalized spacial score (nSPS) is 35.6. The van der Waals surface area contributed by atoms with Crippen molar-refractivity contribution >= 4 is 15.9 Å². The van der Waals surface area contributed by atoms with Gasteiger partial charge in [0, 0.05) is 4.83 Å². The lowest BCUT2D eigenvalue weighted by molar-refractivity contribution is 0.397. The van der Waals surface area contributed by atoms with Crippen LogP contribution in [0.5, 0.6) is 0 Å². The predicted octanol–water partition coefficient (Wildman–Crippen LogP) is 2.96. The van der Waals surface area contributed by atoms with Crippen LogP contribution in [0, 0.1) is 5.41 Å². The molecule has 1 aliphatic carbocycles. The van der Waals surface area contributed by atoms with Crippen molar-refractivity contribution in [3.05, 3.63) is 0 Å². The Balaban J connectivity index is 2.54. The molecular formula is C7H13Br. The minimum Gasteiger partial charge on any atom is -0.0885 e. The van der Waals surface area contributed by atoms with Crippen LogP contribution in [0.25, 0.3) is 0 Å². The van der Waals surface area contributed by atoms with E-state index < -0.39 is 0 Å². The molecule has 8 heavy (non-hydrogen) atoms. The van der Waals surface area contributed by atoms with E-state index in [1.807, 2.05) is 0 Å². The number of rotatable bonds is 0. The van der Waals surface area contributed by atoms with Crippen LogP contribution >= 0.6 is 15.9 Å². The Labute approximate surface area is 59.8 Å². The SMILES string of the molecule is CC1(C)CCC[C@@H]1Br. The van der Waals surface area contributed by atoms with E-state index in [1.165, 1.54) is 19.3 Å². The fraction of sp³-hybridized carbons (Fsp3) is 1.00. The standard InChI is InChI=1S/C7H13Br/c1-7(2)5-3-4-6(7)8/h6H,3-5H2,1-2H3/t6-/m0/s1. The van der Waals surface area contributed by atoms with Gasteiger partial charge < -0.3 is 0 Å². The zero-order chi connectivity index (χ0) is 6.20. The van der Waals surface area contributed by atoms with Gasteiger partial charge in [-0.2, -0.15) is 0 Å². The Kier molecular flexibility index (Phi) is 1.66. The van der Waals surface area contributed by atoms with E-state index in [1.54, 1.807) is 0 Å². The first-order chi connectivity index (χ1) is 3.63.